The highest BCUT2D eigenvalue weighted by molar-refractivity contribution is 7.13. The van der Waals surface area contributed by atoms with E-state index in [4.69, 9.17) is 11.5 Å². The molecule has 7 nitrogen and oxygen atoms in total. The first-order chi connectivity index (χ1) is 9.72. The predicted octanol–water partition coefficient (Wildman–Crippen LogP) is 0.398. The quantitative estimate of drug-likeness (QED) is 0.644. The molecule has 2 aromatic rings. The standard InChI is InChI=1S/C12H17N7S/c13-11-18-9-5-15-3-2-8(9)10(19-11)16-4-1-7-6-20-12(14)17-7/h6,15H,1-5H2,(H2,14,17)(H3,13,16,18,19). The van der Waals surface area contributed by atoms with Gasteiger partial charge in [-0.15, -0.1) is 11.3 Å². The number of nitrogens with one attached hydrogen (secondary N) is 2. The minimum atomic E-state index is 0.313. The van der Waals surface area contributed by atoms with E-state index in [1.807, 2.05) is 5.38 Å². The Morgan fingerprint density at radius 1 is 1.30 bits per heavy atom. The van der Waals surface area contributed by atoms with Crippen LogP contribution in [0.15, 0.2) is 5.38 Å². The van der Waals surface area contributed by atoms with Gasteiger partial charge >= 0.3 is 0 Å². The zero-order valence-electron chi connectivity index (χ0n) is 11.0. The molecule has 0 radical (unpaired) electrons. The summed E-state index contributed by atoms with van der Waals surface area (Å²) >= 11 is 1.46. The van der Waals surface area contributed by atoms with Crippen LogP contribution in [0.5, 0.6) is 0 Å². The lowest BCUT2D eigenvalue weighted by Gasteiger charge is -2.19. The molecule has 0 fully saturated rings. The van der Waals surface area contributed by atoms with Crippen molar-refractivity contribution in [3.8, 4) is 0 Å². The summed E-state index contributed by atoms with van der Waals surface area (Å²) in [4.78, 5) is 12.8. The lowest BCUT2D eigenvalue weighted by molar-refractivity contribution is 0.625. The molecule has 0 aromatic carbocycles. The number of rotatable bonds is 4. The van der Waals surface area contributed by atoms with Crippen LogP contribution in [0.1, 0.15) is 17.0 Å². The van der Waals surface area contributed by atoms with Gasteiger partial charge in [0.1, 0.15) is 5.82 Å². The van der Waals surface area contributed by atoms with E-state index in [2.05, 4.69) is 25.6 Å². The van der Waals surface area contributed by atoms with Crippen molar-refractivity contribution in [3.63, 3.8) is 0 Å². The number of aromatic nitrogens is 3. The van der Waals surface area contributed by atoms with Gasteiger partial charge in [0.2, 0.25) is 5.95 Å². The van der Waals surface area contributed by atoms with Gasteiger partial charge in [0.25, 0.3) is 0 Å². The summed E-state index contributed by atoms with van der Waals surface area (Å²) in [6.07, 6.45) is 1.73. The van der Waals surface area contributed by atoms with Crippen molar-refractivity contribution in [1.29, 1.82) is 0 Å². The number of hydrogen-bond donors (Lipinski definition) is 4. The van der Waals surface area contributed by atoms with Gasteiger partial charge in [-0.05, 0) is 13.0 Å². The number of hydrogen-bond acceptors (Lipinski definition) is 8. The average Bonchev–Trinajstić information content (AvgIpc) is 2.84. The van der Waals surface area contributed by atoms with Crippen LogP contribution in [0.25, 0.3) is 0 Å². The highest BCUT2D eigenvalue weighted by atomic mass is 32.1. The van der Waals surface area contributed by atoms with E-state index >= 15 is 0 Å². The second-order valence-corrected chi connectivity index (χ2v) is 5.53. The van der Waals surface area contributed by atoms with E-state index in [0.29, 0.717) is 11.1 Å². The van der Waals surface area contributed by atoms with Gasteiger partial charge in [0, 0.05) is 30.5 Å². The molecule has 0 amide bonds. The summed E-state index contributed by atoms with van der Waals surface area (Å²) < 4.78 is 0. The Hall–Kier alpha value is -1.93. The van der Waals surface area contributed by atoms with Crippen LogP contribution in [0.3, 0.4) is 0 Å². The monoisotopic (exact) mass is 291 g/mol. The maximum atomic E-state index is 5.75. The summed E-state index contributed by atoms with van der Waals surface area (Å²) in [6, 6.07) is 0. The van der Waals surface area contributed by atoms with Crippen molar-refractivity contribution < 1.29 is 0 Å². The normalized spacial score (nSPS) is 14.0. The number of fused-ring (bicyclic) bond motifs is 1. The van der Waals surface area contributed by atoms with Gasteiger partial charge in [0.05, 0.1) is 11.4 Å². The molecular formula is C12H17N7S. The van der Waals surface area contributed by atoms with E-state index in [1.54, 1.807) is 0 Å². The molecule has 8 heteroatoms. The minimum Gasteiger partial charge on any atom is -0.375 e. The van der Waals surface area contributed by atoms with Crippen LogP contribution in [-0.4, -0.2) is 28.0 Å². The molecule has 20 heavy (non-hydrogen) atoms. The fourth-order valence-electron chi connectivity index (χ4n) is 2.27. The molecule has 0 atom stereocenters. The zero-order valence-corrected chi connectivity index (χ0v) is 11.8. The van der Waals surface area contributed by atoms with Gasteiger partial charge in [-0.2, -0.15) is 4.98 Å². The fraction of sp³-hybridized carbons (Fsp3) is 0.417. The Kier molecular flexibility index (Phi) is 3.66. The Balaban J connectivity index is 1.69. The summed E-state index contributed by atoms with van der Waals surface area (Å²) in [5.41, 5.74) is 14.5. The Bertz CT molecular complexity index is 610. The zero-order chi connectivity index (χ0) is 13.9. The first-order valence-electron chi connectivity index (χ1n) is 6.52. The van der Waals surface area contributed by atoms with E-state index in [9.17, 15) is 0 Å². The van der Waals surface area contributed by atoms with Gasteiger partial charge in [0.15, 0.2) is 5.13 Å². The van der Waals surface area contributed by atoms with E-state index in [-0.39, 0.29) is 0 Å². The highest BCUT2D eigenvalue weighted by Gasteiger charge is 2.16. The van der Waals surface area contributed by atoms with E-state index in [1.165, 1.54) is 11.3 Å². The molecule has 3 heterocycles. The van der Waals surface area contributed by atoms with Gasteiger partial charge in [-0.25, -0.2) is 9.97 Å². The highest BCUT2D eigenvalue weighted by Crippen LogP contribution is 2.21. The van der Waals surface area contributed by atoms with Crippen molar-refractivity contribution in [2.24, 2.45) is 0 Å². The molecule has 2 aromatic heterocycles. The van der Waals surface area contributed by atoms with Crippen LogP contribution < -0.4 is 22.1 Å². The smallest absolute Gasteiger partial charge is 0.222 e. The van der Waals surface area contributed by atoms with Crippen LogP contribution >= 0.6 is 11.3 Å². The van der Waals surface area contributed by atoms with E-state index < -0.39 is 0 Å². The summed E-state index contributed by atoms with van der Waals surface area (Å²) in [7, 11) is 0. The number of anilines is 3. The van der Waals surface area contributed by atoms with Gasteiger partial charge < -0.3 is 22.1 Å². The summed E-state index contributed by atoms with van der Waals surface area (Å²) in [6.45, 7) is 2.44. The van der Waals surface area contributed by atoms with Crippen LogP contribution in [0, 0.1) is 0 Å². The predicted molar refractivity (Wildman–Crippen MR) is 80.6 cm³/mol. The lowest BCUT2D eigenvalue weighted by Crippen LogP contribution is -2.27. The van der Waals surface area contributed by atoms with Crippen molar-refractivity contribution in [2.45, 2.75) is 19.4 Å². The first-order valence-corrected chi connectivity index (χ1v) is 7.40. The number of thiazole rings is 1. The molecule has 106 valence electrons. The maximum Gasteiger partial charge on any atom is 0.222 e. The Morgan fingerprint density at radius 2 is 2.20 bits per heavy atom. The molecule has 0 aliphatic carbocycles. The molecule has 3 rings (SSSR count). The van der Waals surface area contributed by atoms with Crippen LogP contribution in [0.4, 0.5) is 16.9 Å². The SMILES string of the molecule is Nc1nc2c(c(NCCc3csc(N)n3)n1)CCNC2. The third-order valence-electron chi connectivity index (χ3n) is 3.20. The molecule has 0 unspecified atom stereocenters. The fourth-order valence-corrected chi connectivity index (χ4v) is 2.87. The summed E-state index contributed by atoms with van der Waals surface area (Å²) in [5, 5.41) is 9.20. The van der Waals surface area contributed by atoms with Crippen LogP contribution in [-0.2, 0) is 19.4 Å². The third kappa shape index (κ3) is 2.81. The molecule has 0 bridgehead atoms. The largest absolute Gasteiger partial charge is 0.375 e. The van der Waals surface area contributed by atoms with Crippen molar-refractivity contribution in [3.05, 3.63) is 22.3 Å². The molecule has 6 N–H and O–H groups in total. The second-order valence-electron chi connectivity index (χ2n) is 4.64. The number of nitrogens with two attached hydrogens (primary N) is 2. The average molecular weight is 291 g/mol. The number of nitrogen functional groups attached to an aromatic ring is 2. The number of nitrogens with zero attached hydrogens (tertiary/aromatic N) is 3. The maximum absolute atomic E-state index is 5.75. The summed E-state index contributed by atoms with van der Waals surface area (Å²) in [5.74, 6) is 1.16. The third-order valence-corrected chi connectivity index (χ3v) is 3.92. The van der Waals surface area contributed by atoms with Crippen molar-refractivity contribution in [2.75, 3.05) is 29.9 Å². The minimum absolute atomic E-state index is 0.313. The molecule has 0 saturated carbocycles. The van der Waals surface area contributed by atoms with Crippen LogP contribution in [0.2, 0.25) is 0 Å². The van der Waals surface area contributed by atoms with Crippen molar-refractivity contribution in [1.82, 2.24) is 20.3 Å². The lowest BCUT2D eigenvalue weighted by atomic mass is 10.1. The van der Waals surface area contributed by atoms with Crippen molar-refractivity contribution >= 4 is 28.2 Å². The molecular weight excluding hydrogens is 274 g/mol. The second kappa shape index (κ2) is 5.59. The Labute approximate surface area is 120 Å². The Morgan fingerprint density at radius 3 is 3.00 bits per heavy atom. The first kappa shape index (κ1) is 13.1. The molecule has 0 spiro atoms. The van der Waals surface area contributed by atoms with Gasteiger partial charge in [-0.3, -0.25) is 0 Å². The molecule has 1 aliphatic heterocycles. The topological polar surface area (TPSA) is 115 Å². The van der Waals surface area contributed by atoms with E-state index in [0.717, 1.165) is 55.2 Å². The molecule has 0 saturated heterocycles. The van der Waals surface area contributed by atoms with Gasteiger partial charge in [-0.1, -0.05) is 0 Å². The molecule has 1 aliphatic rings.